The van der Waals surface area contributed by atoms with Gasteiger partial charge in [0.1, 0.15) is 23.4 Å². The summed E-state index contributed by atoms with van der Waals surface area (Å²) < 4.78 is 11.7. The van der Waals surface area contributed by atoms with Gasteiger partial charge in [0.25, 0.3) is 0 Å². The molecular formula is C20H22N4O2. The molecular weight excluding hydrogens is 328 g/mol. The van der Waals surface area contributed by atoms with E-state index in [0.29, 0.717) is 13.2 Å². The predicted octanol–water partition coefficient (Wildman–Crippen LogP) is 3.58. The lowest BCUT2D eigenvalue weighted by Gasteiger charge is -2.33. The fourth-order valence-corrected chi connectivity index (χ4v) is 3.11. The van der Waals surface area contributed by atoms with E-state index in [2.05, 4.69) is 27.9 Å². The van der Waals surface area contributed by atoms with Gasteiger partial charge >= 0.3 is 0 Å². The van der Waals surface area contributed by atoms with Crippen molar-refractivity contribution in [3.63, 3.8) is 0 Å². The highest BCUT2D eigenvalue weighted by Crippen LogP contribution is 2.28. The second-order valence-corrected chi connectivity index (χ2v) is 6.38. The average molecular weight is 350 g/mol. The van der Waals surface area contributed by atoms with Crippen LogP contribution in [0.25, 0.3) is 11.4 Å². The quantitative estimate of drug-likeness (QED) is 0.717. The van der Waals surface area contributed by atoms with E-state index in [1.165, 1.54) is 0 Å². The Morgan fingerprint density at radius 2 is 2.00 bits per heavy atom. The van der Waals surface area contributed by atoms with Gasteiger partial charge in [-0.25, -0.2) is 9.97 Å². The minimum Gasteiger partial charge on any atom is -0.464 e. The summed E-state index contributed by atoms with van der Waals surface area (Å²) in [6.45, 7) is 6.20. The normalized spacial score (nSPS) is 17.5. The highest BCUT2D eigenvalue weighted by atomic mass is 16.5. The zero-order chi connectivity index (χ0) is 17.9. The minimum absolute atomic E-state index is 0.0816. The number of aromatic nitrogens is 3. The van der Waals surface area contributed by atoms with E-state index in [1.54, 1.807) is 12.4 Å². The van der Waals surface area contributed by atoms with Crippen molar-refractivity contribution in [2.24, 2.45) is 0 Å². The number of furan rings is 1. The lowest BCUT2D eigenvalue weighted by Crippen LogP contribution is -2.39. The molecule has 4 rings (SSSR count). The van der Waals surface area contributed by atoms with Crippen LogP contribution >= 0.6 is 0 Å². The largest absolute Gasteiger partial charge is 0.464 e. The topological polar surface area (TPSA) is 64.3 Å². The van der Waals surface area contributed by atoms with E-state index in [0.717, 1.165) is 47.4 Å². The van der Waals surface area contributed by atoms with Gasteiger partial charge in [0, 0.05) is 36.3 Å². The van der Waals surface area contributed by atoms with Crippen molar-refractivity contribution in [3.8, 4) is 11.4 Å². The fraction of sp³-hybridized carbons (Fsp3) is 0.350. The summed E-state index contributed by atoms with van der Waals surface area (Å²) in [6, 6.07) is 9.90. The second kappa shape index (κ2) is 7.25. The van der Waals surface area contributed by atoms with Crippen molar-refractivity contribution in [1.29, 1.82) is 0 Å². The number of aryl methyl sites for hydroxylation is 2. The minimum atomic E-state index is -0.0816. The maximum atomic E-state index is 5.91. The molecule has 6 heteroatoms. The third kappa shape index (κ3) is 3.46. The van der Waals surface area contributed by atoms with Crippen molar-refractivity contribution in [1.82, 2.24) is 15.0 Å². The lowest BCUT2D eigenvalue weighted by atomic mass is 10.2. The SMILES string of the molecule is CCc1cc(N2CCOC(c3ccc(C)o3)C2)nc(-c2ccncc2)n1. The molecule has 1 aliphatic heterocycles. The molecule has 0 spiro atoms. The molecule has 0 aliphatic carbocycles. The maximum Gasteiger partial charge on any atom is 0.161 e. The van der Waals surface area contributed by atoms with E-state index in [1.807, 2.05) is 31.2 Å². The average Bonchev–Trinajstić information content (AvgIpc) is 3.15. The summed E-state index contributed by atoms with van der Waals surface area (Å²) >= 11 is 0. The van der Waals surface area contributed by atoms with Crippen LogP contribution in [-0.2, 0) is 11.2 Å². The molecule has 26 heavy (non-hydrogen) atoms. The lowest BCUT2D eigenvalue weighted by molar-refractivity contribution is 0.0250. The monoisotopic (exact) mass is 350 g/mol. The summed E-state index contributed by atoms with van der Waals surface area (Å²) in [5.74, 6) is 3.43. The Kier molecular flexibility index (Phi) is 4.67. The van der Waals surface area contributed by atoms with Crippen LogP contribution in [0, 0.1) is 6.92 Å². The first kappa shape index (κ1) is 16.7. The van der Waals surface area contributed by atoms with Crippen molar-refractivity contribution >= 4 is 5.82 Å². The number of anilines is 1. The molecule has 1 saturated heterocycles. The van der Waals surface area contributed by atoms with Gasteiger partial charge in [-0.05, 0) is 37.6 Å². The molecule has 1 aliphatic rings. The first-order valence-corrected chi connectivity index (χ1v) is 8.94. The highest BCUT2D eigenvalue weighted by molar-refractivity contribution is 5.57. The van der Waals surface area contributed by atoms with Crippen LogP contribution in [0.1, 0.15) is 30.2 Å². The van der Waals surface area contributed by atoms with Crippen molar-refractivity contribution in [3.05, 3.63) is 59.9 Å². The summed E-state index contributed by atoms with van der Waals surface area (Å²) in [5.41, 5.74) is 2.00. The van der Waals surface area contributed by atoms with Crippen LogP contribution in [0.2, 0.25) is 0 Å². The number of nitrogens with zero attached hydrogens (tertiary/aromatic N) is 4. The third-order valence-electron chi connectivity index (χ3n) is 4.54. The molecule has 0 N–H and O–H groups in total. The summed E-state index contributed by atoms with van der Waals surface area (Å²) in [4.78, 5) is 15.8. The first-order chi connectivity index (χ1) is 12.7. The summed E-state index contributed by atoms with van der Waals surface area (Å²) in [7, 11) is 0. The summed E-state index contributed by atoms with van der Waals surface area (Å²) in [6.07, 6.45) is 4.31. The zero-order valence-corrected chi connectivity index (χ0v) is 15.1. The standard InChI is InChI=1S/C20H22N4O2/c1-3-16-12-19(23-20(22-16)15-6-8-21-9-7-15)24-10-11-25-18(13-24)17-5-4-14(2)26-17/h4-9,12,18H,3,10-11,13H2,1-2H3. The van der Waals surface area contributed by atoms with E-state index >= 15 is 0 Å². The van der Waals surface area contributed by atoms with Gasteiger partial charge in [0.05, 0.1) is 13.2 Å². The molecule has 0 amide bonds. The Morgan fingerprint density at radius 1 is 1.15 bits per heavy atom. The molecule has 1 atom stereocenters. The van der Waals surface area contributed by atoms with Gasteiger partial charge in [0.2, 0.25) is 0 Å². The van der Waals surface area contributed by atoms with Crippen LogP contribution in [0.15, 0.2) is 47.1 Å². The Balaban J connectivity index is 1.64. The van der Waals surface area contributed by atoms with E-state index in [-0.39, 0.29) is 6.10 Å². The van der Waals surface area contributed by atoms with Crippen LogP contribution in [0.5, 0.6) is 0 Å². The number of pyridine rings is 1. The number of hydrogen-bond acceptors (Lipinski definition) is 6. The number of ether oxygens (including phenoxy) is 1. The van der Waals surface area contributed by atoms with Crippen LogP contribution in [0.3, 0.4) is 0 Å². The van der Waals surface area contributed by atoms with Crippen LogP contribution in [-0.4, -0.2) is 34.6 Å². The predicted molar refractivity (Wildman–Crippen MR) is 99.0 cm³/mol. The van der Waals surface area contributed by atoms with E-state index in [4.69, 9.17) is 14.1 Å². The first-order valence-electron chi connectivity index (χ1n) is 8.94. The molecule has 6 nitrogen and oxygen atoms in total. The molecule has 0 radical (unpaired) electrons. The van der Waals surface area contributed by atoms with Crippen molar-refractivity contribution < 1.29 is 9.15 Å². The number of hydrogen-bond donors (Lipinski definition) is 0. The molecule has 3 aromatic rings. The molecule has 0 aromatic carbocycles. The molecule has 4 heterocycles. The van der Waals surface area contributed by atoms with Gasteiger partial charge < -0.3 is 14.1 Å². The van der Waals surface area contributed by atoms with Crippen molar-refractivity contribution in [2.45, 2.75) is 26.4 Å². The fourth-order valence-electron chi connectivity index (χ4n) is 3.11. The molecule has 0 bridgehead atoms. The van der Waals surface area contributed by atoms with E-state index < -0.39 is 0 Å². The van der Waals surface area contributed by atoms with Gasteiger partial charge in [-0.2, -0.15) is 0 Å². The molecule has 1 fully saturated rings. The molecule has 0 saturated carbocycles. The van der Waals surface area contributed by atoms with Gasteiger partial charge in [-0.1, -0.05) is 6.92 Å². The second-order valence-electron chi connectivity index (χ2n) is 6.38. The maximum absolute atomic E-state index is 5.91. The Morgan fingerprint density at radius 3 is 2.73 bits per heavy atom. The number of morpholine rings is 1. The molecule has 1 unspecified atom stereocenters. The van der Waals surface area contributed by atoms with Gasteiger partial charge in [-0.15, -0.1) is 0 Å². The summed E-state index contributed by atoms with van der Waals surface area (Å²) in [5, 5.41) is 0. The highest BCUT2D eigenvalue weighted by Gasteiger charge is 2.26. The van der Waals surface area contributed by atoms with Crippen molar-refractivity contribution in [2.75, 3.05) is 24.6 Å². The zero-order valence-electron chi connectivity index (χ0n) is 15.1. The Bertz CT molecular complexity index is 879. The van der Waals surface area contributed by atoms with Gasteiger partial charge in [-0.3, -0.25) is 4.98 Å². The van der Waals surface area contributed by atoms with E-state index in [9.17, 15) is 0 Å². The van der Waals surface area contributed by atoms with Crippen LogP contribution in [0.4, 0.5) is 5.82 Å². The Labute approximate surface area is 152 Å². The molecule has 134 valence electrons. The third-order valence-corrected chi connectivity index (χ3v) is 4.54. The smallest absolute Gasteiger partial charge is 0.161 e. The Hall–Kier alpha value is -2.73. The molecule has 3 aromatic heterocycles. The van der Waals surface area contributed by atoms with Crippen LogP contribution < -0.4 is 4.90 Å². The number of rotatable bonds is 4. The van der Waals surface area contributed by atoms with Gasteiger partial charge in [0.15, 0.2) is 5.82 Å².